The second-order valence-electron chi connectivity index (χ2n) is 8.90. The minimum atomic E-state index is -0.125. The first-order valence-corrected chi connectivity index (χ1v) is 9.19. The van der Waals surface area contributed by atoms with E-state index in [1.165, 1.54) is 24.8 Å². The molecule has 4 aliphatic rings. The van der Waals surface area contributed by atoms with Crippen molar-refractivity contribution < 1.29 is 5.11 Å². The zero-order valence-corrected chi connectivity index (χ0v) is 13.9. The molecule has 7 atom stereocenters. The van der Waals surface area contributed by atoms with Gasteiger partial charge in [-0.15, -0.1) is 0 Å². The van der Waals surface area contributed by atoms with Gasteiger partial charge >= 0.3 is 0 Å². The Balaban J connectivity index is 1.67. The minimum absolute atomic E-state index is 0.0461. The molecule has 22 heavy (non-hydrogen) atoms. The minimum Gasteiger partial charge on any atom is -0.393 e. The van der Waals surface area contributed by atoms with Gasteiger partial charge in [0, 0.05) is 0 Å². The Morgan fingerprint density at radius 2 is 1.95 bits per heavy atom. The number of aliphatic hydroxyl groups excluding tert-OH is 1. The lowest BCUT2D eigenvalue weighted by molar-refractivity contribution is -0.0400. The highest BCUT2D eigenvalue weighted by Gasteiger charge is 2.59. The molecule has 0 aromatic rings. The van der Waals surface area contributed by atoms with Crippen molar-refractivity contribution in [3.05, 3.63) is 16.6 Å². The van der Waals surface area contributed by atoms with E-state index in [0.717, 1.165) is 43.9 Å². The molecule has 1 N–H and O–H groups in total. The van der Waals surface area contributed by atoms with Crippen molar-refractivity contribution in [1.82, 2.24) is 0 Å². The van der Waals surface area contributed by atoms with Crippen molar-refractivity contribution in [3.63, 3.8) is 0 Å². The summed E-state index contributed by atoms with van der Waals surface area (Å²) < 4.78 is 0. The van der Waals surface area contributed by atoms with Crippen molar-refractivity contribution in [3.8, 4) is 0 Å². The molecule has 0 bridgehead atoms. The van der Waals surface area contributed by atoms with Gasteiger partial charge in [0.15, 0.2) is 0 Å². The van der Waals surface area contributed by atoms with Crippen LogP contribution in [0.4, 0.5) is 0 Å². The number of nitroso groups, excluding NO2 is 1. The number of rotatable bonds is 1. The van der Waals surface area contributed by atoms with E-state index in [9.17, 15) is 10.0 Å². The van der Waals surface area contributed by atoms with E-state index in [4.69, 9.17) is 0 Å². The van der Waals surface area contributed by atoms with Gasteiger partial charge in [-0.25, -0.2) is 0 Å². The lowest BCUT2D eigenvalue weighted by Gasteiger charge is -2.57. The number of aliphatic hydroxyl groups is 1. The number of allylic oxidation sites excluding steroid dienone is 1. The molecular weight excluding hydrogens is 274 g/mol. The fourth-order valence-corrected chi connectivity index (χ4v) is 6.79. The third-order valence-corrected chi connectivity index (χ3v) is 8.16. The lowest BCUT2D eigenvalue weighted by Crippen LogP contribution is -2.50. The molecule has 0 radical (unpaired) electrons. The number of nitrogens with zero attached hydrogens (tertiary/aromatic N) is 1. The first-order chi connectivity index (χ1) is 10.5. The molecular formula is C19H29NO2. The van der Waals surface area contributed by atoms with Crippen molar-refractivity contribution in [2.75, 3.05) is 0 Å². The van der Waals surface area contributed by atoms with Crippen LogP contribution in [0.15, 0.2) is 16.8 Å². The fourth-order valence-electron chi connectivity index (χ4n) is 6.79. The molecule has 0 saturated heterocycles. The Labute approximate surface area is 133 Å². The summed E-state index contributed by atoms with van der Waals surface area (Å²) in [5, 5.41) is 13.5. The molecule has 3 nitrogen and oxygen atoms in total. The molecule has 0 aliphatic heterocycles. The smallest absolute Gasteiger partial charge is 0.0975 e. The average molecular weight is 303 g/mol. The molecule has 4 rings (SSSR count). The van der Waals surface area contributed by atoms with Crippen LogP contribution in [0.5, 0.6) is 0 Å². The van der Waals surface area contributed by atoms with Crippen LogP contribution in [0.2, 0.25) is 0 Å². The lowest BCUT2D eigenvalue weighted by atomic mass is 9.48. The molecule has 122 valence electrons. The maximum Gasteiger partial charge on any atom is 0.0975 e. The molecule has 0 aromatic heterocycles. The van der Waals surface area contributed by atoms with Gasteiger partial charge in [0.1, 0.15) is 0 Å². The SMILES string of the molecule is C[C@]12CC[C@H](O)CC1=CC[C@@H]1[C@@H]2CC[C@]2(C)C(N=O)CC[C@@H]12. The van der Waals surface area contributed by atoms with E-state index in [2.05, 4.69) is 25.1 Å². The summed E-state index contributed by atoms with van der Waals surface area (Å²) in [6, 6.07) is 0.0461. The van der Waals surface area contributed by atoms with Gasteiger partial charge in [0.05, 0.1) is 12.1 Å². The van der Waals surface area contributed by atoms with Crippen LogP contribution in [-0.2, 0) is 0 Å². The average Bonchev–Trinajstić information content (AvgIpc) is 2.84. The topological polar surface area (TPSA) is 49.7 Å². The Morgan fingerprint density at radius 3 is 2.73 bits per heavy atom. The summed E-state index contributed by atoms with van der Waals surface area (Å²) in [6.07, 6.45) is 11.1. The van der Waals surface area contributed by atoms with Crippen LogP contribution in [0.25, 0.3) is 0 Å². The summed E-state index contributed by atoms with van der Waals surface area (Å²) in [7, 11) is 0. The molecule has 0 amide bonds. The standard InChI is InChI=1S/C19H29NO2/c1-18-9-7-13(21)11-12(18)3-4-14-15-5-6-17(20-22)19(15,2)10-8-16(14)18/h3,13-17,21H,4-11H2,1-2H3/t13-,14-,15-,16-,17?,18-,19-/m0/s1. The number of hydrogen-bond donors (Lipinski definition) is 1. The highest BCUT2D eigenvalue weighted by Crippen LogP contribution is 2.65. The second-order valence-corrected chi connectivity index (χ2v) is 8.90. The Bertz CT molecular complexity index is 516. The first kappa shape index (κ1) is 14.9. The van der Waals surface area contributed by atoms with Crippen molar-refractivity contribution in [2.45, 2.75) is 77.4 Å². The third-order valence-electron chi connectivity index (χ3n) is 8.16. The van der Waals surface area contributed by atoms with Crippen molar-refractivity contribution in [1.29, 1.82) is 0 Å². The molecule has 0 aromatic carbocycles. The summed E-state index contributed by atoms with van der Waals surface area (Å²) in [5.41, 5.74) is 1.98. The normalized spacial score (nSPS) is 54.0. The molecule has 3 heteroatoms. The van der Waals surface area contributed by atoms with Gasteiger partial charge < -0.3 is 5.11 Å². The second kappa shape index (κ2) is 4.90. The highest BCUT2D eigenvalue weighted by molar-refractivity contribution is 5.25. The van der Waals surface area contributed by atoms with E-state index in [1.807, 2.05) is 0 Å². The molecule has 0 spiro atoms. The number of hydrogen-bond acceptors (Lipinski definition) is 3. The largest absolute Gasteiger partial charge is 0.393 e. The predicted octanol–water partition coefficient (Wildman–Crippen LogP) is 4.45. The van der Waals surface area contributed by atoms with E-state index < -0.39 is 0 Å². The molecule has 3 saturated carbocycles. The third kappa shape index (κ3) is 1.84. The number of fused-ring (bicyclic) bond motifs is 5. The zero-order chi connectivity index (χ0) is 15.5. The molecule has 0 heterocycles. The van der Waals surface area contributed by atoms with E-state index in [0.29, 0.717) is 11.3 Å². The van der Waals surface area contributed by atoms with Crippen molar-refractivity contribution in [2.24, 2.45) is 33.8 Å². The van der Waals surface area contributed by atoms with Gasteiger partial charge in [-0.2, -0.15) is 4.91 Å². The molecule has 1 unspecified atom stereocenters. The Kier molecular flexibility index (Phi) is 3.31. The van der Waals surface area contributed by atoms with Gasteiger partial charge in [-0.05, 0) is 80.0 Å². The van der Waals surface area contributed by atoms with Crippen LogP contribution in [0, 0.1) is 33.5 Å². The Morgan fingerprint density at radius 1 is 1.14 bits per heavy atom. The summed E-state index contributed by atoms with van der Waals surface area (Å²) in [5.74, 6) is 2.16. The van der Waals surface area contributed by atoms with Crippen LogP contribution >= 0.6 is 0 Å². The maximum atomic E-state index is 11.3. The molecule has 4 aliphatic carbocycles. The fraction of sp³-hybridized carbons (Fsp3) is 0.895. The van der Waals surface area contributed by atoms with Crippen LogP contribution < -0.4 is 0 Å². The van der Waals surface area contributed by atoms with Crippen LogP contribution in [0.1, 0.15) is 65.2 Å². The van der Waals surface area contributed by atoms with Gasteiger partial charge in [0.2, 0.25) is 0 Å². The monoisotopic (exact) mass is 303 g/mol. The highest BCUT2D eigenvalue weighted by atomic mass is 16.3. The van der Waals surface area contributed by atoms with Gasteiger partial charge in [-0.3, -0.25) is 0 Å². The predicted molar refractivity (Wildman–Crippen MR) is 87.3 cm³/mol. The molecule has 3 fully saturated rings. The van der Waals surface area contributed by atoms with Crippen LogP contribution in [0.3, 0.4) is 0 Å². The van der Waals surface area contributed by atoms with E-state index >= 15 is 0 Å². The summed E-state index contributed by atoms with van der Waals surface area (Å²) in [6.45, 7) is 4.79. The van der Waals surface area contributed by atoms with Crippen LogP contribution in [-0.4, -0.2) is 17.3 Å². The summed E-state index contributed by atoms with van der Waals surface area (Å²) in [4.78, 5) is 11.3. The van der Waals surface area contributed by atoms with E-state index in [1.54, 1.807) is 0 Å². The van der Waals surface area contributed by atoms with Gasteiger partial charge in [-0.1, -0.05) is 30.7 Å². The zero-order valence-electron chi connectivity index (χ0n) is 13.9. The van der Waals surface area contributed by atoms with Crippen molar-refractivity contribution >= 4 is 0 Å². The quantitative estimate of drug-likeness (QED) is 0.575. The Hall–Kier alpha value is -0.700. The van der Waals surface area contributed by atoms with Gasteiger partial charge in [0.25, 0.3) is 0 Å². The first-order valence-electron chi connectivity index (χ1n) is 9.19. The van der Waals surface area contributed by atoms with E-state index in [-0.39, 0.29) is 17.6 Å². The maximum absolute atomic E-state index is 11.3. The summed E-state index contributed by atoms with van der Waals surface area (Å²) >= 11 is 0.